The van der Waals surface area contributed by atoms with Gasteiger partial charge in [0.15, 0.2) is 0 Å². The van der Waals surface area contributed by atoms with Gasteiger partial charge in [0.1, 0.15) is 0 Å². The minimum absolute atomic E-state index is 0.848. The third-order valence-electron chi connectivity index (χ3n) is 4.45. The molecule has 1 aliphatic carbocycles. The molecule has 1 nitrogen and oxygen atoms in total. The normalized spacial score (nSPS) is 21.0. The second-order valence-electron chi connectivity index (χ2n) is 5.58. The predicted octanol–water partition coefficient (Wildman–Crippen LogP) is 4.46. The lowest BCUT2D eigenvalue weighted by atomic mass is 9.81. The summed E-state index contributed by atoms with van der Waals surface area (Å²) in [7, 11) is 2.02. The van der Waals surface area contributed by atoms with Gasteiger partial charge in [0.25, 0.3) is 0 Å². The van der Waals surface area contributed by atoms with E-state index in [1.165, 1.54) is 48.8 Å². The van der Waals surface area contributed by atoms with Crippen molar-refractivity contribution in [1.82, 2.24) is 5.32 Å². The zero-order chi connectivity index (χ0) is 12.8. The summed E-state index contributed by atoms with van der Waals surface area (Å²) >= 11 is 0. The second kappa shape index (κ2) is 7.00. The summed E-state index contributed by atoms with van der Waals surface area (Å²) in [6.45, 7) is 10.2. The molecule has 1 heteroatoms. The Morgan fingerprint density at radius 2 is 1.53 bits per heavy atom. The summed E-state index contributed by atoms with van der Waals surface area (Å²) < 4.78 is 0. The van der Waals surface area contributed by atoms with Gasteiger partial charge in [-0.15, -0.1) is 0 Å². The third kappa shape index (κ3) is 3.99. The van der Waals surface area contributed by atoms with Crippen LogP contribution in [0.2, 0.25) is 0 Å². The van der Waals surface area contributed by atoms with E-state index in [-0.39, 0.29) is 0 Å². The van der Waals surface area contributed by atoms with Crippen LogP contribution in [-0.4, -0.2) is 13.6 Å². The summed E-state index contributed by atoms with van der Waals surface area (Å²) in [6, 6.07) is 0. The summed E-state index contributed by atoms with van der Waals surface area (Å²) in [5.74, 6) is 0.848. The van der Waals surface area contributed by atoms with Crippen LogP contribution in [0.15, 0.2) is 22.3 Å². The monoisotopic (exact) mass is 235 g/mol. The molecule has 0 heterocycles. The van der Waals surface area contributed by atoms with E-state index in [0.717, 1.165) is 12.5 Å². The smallest absolute Gasteiger partial charge is 0.0164 e. The highest BCUT2D eigenvalue weighted by atomic mass is 14.8. The maximum absolute atomic E-state index is 3.24. The molecule has 17 heavy (non-hydrogen) atoms. The first-order valence-corrected chi connectivity index (χ1v) is 7.06. The lowest BCUT2D eigenvalue weighted by Gasteiger charge is -2.25. The van der Waals surface area contributed by atoms with Crippen molar-refractivity contribution in [3.63, 3.8) is 0 Å². The molecule has 98 valence electrons. The van der Waals surface area contributed by atoms with Crippen LogP contribution in [-0.2, 0) is 0 Å². The lowest BCUT2D eigenvalue weighted by Crippen LogP contribution is -2.12. The molecule has 0 unspecified atom stereocenters. The van der Waals surface area contributed by atoms with Crippen LogP contribution in [0.4, 0.5) is 0 Å². The van der Waals surface area contributed by atoms with Gasteiger partial charge < -0.3 is 5.32 Å². The Morgan fingerprint density at radius 3 is 2.06 bits per heavy atom. The van der Waals surface area contributed by atoms with Crippen LogP contribution in [0.3, 0.4) is 0 Å². The van der Waals surface area contributed by atoms with Crippen molar-refractivity contribution in [3.8, 4) is 0 Å². The molecule has 0 bridgehead atoms. The minimum atomic E-state index is 0.848. The highest BCUT2D eigenvalue weighted by Crippen LogP contribution is 2.33. The molecule has 1 aliphatic rings. The Kier molecular flexibility index (Phi) is 5.97. The highest BCUT2D eigenvalue weighted by Gasteiger charge is 2.17. The maximum Gasteiger partial charge on any atom is 0.0164 e. The first-order chi connectivity index (χ1) is 8.07. The van der Waals surface area contributed by atoms with Gasteiger partial charge in [-0.2, -0.15) is 0 Å². The summed E-state index contributed by atoms with van der Waals surface area (Å²) in [4.78, 5) is 0. The first-order valence-electron chi connectivity index (χ1n) is 7.06. The molecule has 1 N–H and O–H groups in total. The van der Waals surface area contributed by atoms with E-state index < -0.39 is 0 Å². The molecule has 0 aromatic heterocycles. The van der Waals surface area contributed by atoms with Gasteiger partial charge in [-0.3, -0.25) is 0 Å². The van der Waals surface area contributed by atoms with E-state index in [9.17, 15) is 0 Å². The topological polar surface area (TPSA) is 12.0 Å². The van der Waals surface area contributed by atoms with E-state index in [4.69, 9.17) is 0 Å². The first kappa shape index (κ1) is 14.5. The summed E-state index contributed by atoms with van der Waals surface area (Å²) in [6.07, 6.45) is 7.10. The van der Waals surface area contributed by atoms with Gasteiger partial charge in [0.2, 0.25) is 0 Å². The zero-order valence-corrected chi connectivity index (χ0v) is 12.3. The van der Waals surface area contributed by atoms with E-state index >= 15 is 0 Å². The van der Waals surface area contributed by atoms with Crippen molar-refractivity contribution in [1.29, 1.82) is 0 Å². The number of hydrogen-bond donors (Lipinski definition) is 1. The molecule has 1 saturated carbocycles. The standard InChI is InChI=1S/C16H29N/c1-12(11-17-5)13(2)14(3)15(4)16-9-7-6-8-10-16/h16-17H,6-11H2,1-5H3. The maximum atomic E-state index is 3.24. The van der Waals surface area contributed by atoms with E-state index in [1.54, 1.807) is 5.57 Å². The van der Waals surface area contributed by atoms with Crippen molar-refractivity contribution in [2.24, 2.45) is 5.92 Å². The number of allylic oxidation sites excluding steroid dienone is 3. The van der Waals surface area contributed by atoms with Gasteiger partial charge in [-0.05, 0) is 64.6 Å². The predicted molar refractivity (Wildman–Crippen MR) is 77.2 cm³/mol. The molecular weight excluding hydrogens is 206 g/mol. The molecule has 0 aliphatic heterocycles. The molecule has 0 aromatic carbocycles. The number of rotatable bonds is 4. The Hall–Kier alpha value is -0.560. The van der Waals surface area contributed by atoms with Gasteiger partial charge in [0.05, 0.1) is 0 Å². The third-order valence-corrected chi connectivity index (χ3v) is 4.45. The Morgan fingerprint density at radius 1 is 0.941 bits per heavy atom. The molecule has 1 fully saturated rings. The van der Waals surface area contributed by atoms with Gasteiger partial charge >= 0.3 is 0 Å². The number of hydrogen-bond acceptors (Lipinski definition) is 1. The van der Waals surface area contributed by atoms with E-state index in [2.05, 4.69) is 33.0 Å². The van der Waals surface area contributed by atoms with Crippen molar-refractivity contribution in [2.45, 2.75) is 59.8 Å². The molecular formula is C16H29N. The highest BCUT2D eigenvalue weighted by molar-refractivity contribution is 5.36. The molecule has 1 rings (SSSR count). The second-order valence-corrected chi connectivity index (χ2v) is 5.58. The Labute approximate surface area is 107 Å². The van der Waals surface area contributed by atoms with E-state index in [0.29, 0.717) is 0 Å². The molecule has 0 radical (unpaired) electrons. The lowest BCUT2D eigenvalue weighted by molar-refractivity contribution is 0.401. The van der Waals surface area contributed by atoms with Gasteiger partial charge in [0, 0.05) is 6.54 Å². The fourth-order valence-corrected chi connectivity index (χ4v) is 2.86. The number of nitrogens with one attached hydrogen (secondary N) is 1. The average Bonchev–Trinajstić information content (AvgIpc) is 2.37. The van der Waals surface area contributed by atoms with Crippen LogP contribution in [0, 0.1) is 5.92 Å². The van der Waals surface area contributed by atoms with Crippen molar-refractivity contribution in [3.05, 3.63) is 22.3 Å². The molecule has 0 amide bonds. The quantitative estimate of drug-likeness (QED) is 0.709. The fraction of sp³-hybridized carbons (Fsp3) is 0.750. The van der Waals surface area contributed by atoms with Gasteiger partial charge in [-0.1, -0.05) is 30.4 Å². The Bertz CT molecular complexity index is 303. The largest absolute Gasteiger partial charge is 0.316 e. The SMILES string of the molecule is CNCC(C)=C(C)C(C)=C(C)C1CCCCC1. The molecule has 0 atom stereocenters. The van der Waals surface area contributed by atoms with Crippen LogP contribution >= 0.6 is 0 Å². The van der Waals surface area contributed by atoms with Crippen LogP contribution < -0.4 is 5.32 Å². The van der Waals surface area contributed by atoms with Crippen molar-refractivity contribution >= 4 is 0 Å². The fourth-order valence-electron chi connectivity index (χ4n) is 2.86. The van der Waals surface area contributed by atoms with Crippen LogP contribution in [0.1, 0.15) is 59.8 Å². The minimum Gasteiger partial charge on any atom is -0.316 e. The van der Waals surface area contributed by atoms with Crippen molar-refractivity contribution in [2.75, 3.05) is 13.6 Å². The van der Waals surface area contributed by atoms with Crippen LogP contribution in [0.5, 0.6) is 0 Å². The van der Waals surface area contributed by atoms with Crippen LogP contribution in [0.25, 0.3) is 0 Å². The van der Waals surface area contributed by atoms with Crippen molar-refractivity contribution < 1.29 is 0 Å². The molecule has 0 saturated heterocycles. The zero-order valence-electron chi connectivity index (χ0n) is 12.3. The molecule has 0 aromatic rings. The average molecular weight is 235 g/mol. The number of likely N-dealkylation sites (N-methyl/N-ethyl adjacent to an activating group) is 1. The molecule has 0 spiro atoms. The van der Waals surface area contributed by atoms with E-state index in [1.807, 2.05) is 7.05 Å². The summed E-state index contributed by atoms with van der Waals surface area (Å²) in [5.41, 5.74) is 6.13. The summed E-state index contributed by atoms with van der Waals surface area (Å²) in [5, 5.41) is 3.24. The Balaban J connectivity index is 2.83. The van der Waals surface area contributed by atoms with Gasteiger partial charge in [-0.25, -0.2) is 0 Å².